The summed E-state index contributed by atoms with van der Waals surface area (Å²) in [5.74, 6) is -3.80. The summed E-state index contributed by atoms with van der Waals surface area (Å²) in [6.45, 7) is 8.79. The monoisotopic (exact) mass is 607 g/mol. The molecule has 2 aliphatic rings. The van der Waals surface area contributed by atoms with Gasteiger partial charge in [0.05, 0.1) is 19.3 Å². The number of benzene rings is 1. The van der Waals surface area contributed by atoms with Gasteiger partial charge in [-0.3, -0.25) is 18.1 Å². The summed E-state index contributed by atoms with van der Waals surface area (Å²) in [5, 5.41) is 0.0580. The Bertz CT molecular complexity index is 1310. The molecule has 0 bridgehead atoms. The van der Waals surface area contributed by atoms with Gasteiger partial charge in [-0.1, -0.05) is 44.5 Å². The van der Waals surface area contributed by atoms with Crippen LogP contribution < -0.4 is 11.4 Å². The molecule has 2 fully saturated rings. The SMILES string of the molecule is CC(C)(C)[Si](C)(C)O[C@@H]1C(CO[P@]2(=O)OCC[C@H](c3cccc(Cl)c3)O2)O[C@@H](n2ccc(N)nc2=O)C1(F)F. The van der Waals surface area contributed by atoms with Gasteiger partial charge in [0, 0.05) is 17.6 Å². The zero-order valence-corrected chi connectivity index (χ0v) is 25.0. The van der Waals surface area contributed by atoms with Gasteiger partial charge in [-0.2, -0.15) is 13.8 Å². The fourth-order valence-electron chi connectivity index (χ4n) is 4.02. The Hall–Kier alpha value is -1.70. The summed E-state index contributed by atoms with van der Waals surface area (Å²) < 4.78 is 74.2. The van der Waals surface area contributed by atoms with Crippen LogP contribution in [0.2, 0.25) is 23.2 Å². The largest absolute Gasteiger partial charge is 0.475 e. The number of phosphoric ester groups is 1. The normalized spacial score (nSPS) is 29.4. The summed E-state index contributed by atoms with van der Waals surface area (Å²) in [4.78, 5) is 16.0. The number of anilines is 1. The van der Waals surface area contributed by atoms with Crippen molar-refractivity contribution in [1.29, 1.82) is 0 Å². The smallest absolute Gasteiger partial charge is 0.405 e. The predicted molar refractivity (Wildman–Crippen MR) is 143 cm³/mol. The molecule has 0 radical (unpaired) electrons. The van der Waals surface area contributed by atoms with Crippen molar-refractivity contribution in [3.8, 4) is 0 Å². The highest BCUT2D eigenvalue weighted by Crippen LogP contribution is 2.58. The van der Waals surface area contributed by atoms with E-state index in [-0.39, 0.29) is 12.4 Å². The lowest BCUT2D eigenvalue weighted by Crippen LogP contribution is -2.52. The van der Waals surface area contributed by atoms with E-state index in [4.69, 9.17) is 40.1 Å². The van der Waals surface area contributed by atoms with E-state index in [1.54, 1.807) is 24.3 Å². The zero-order valence-electron chi connectivity index (χ0n) is 22.3. The van der Waals surface area contributed by atoms with Crippen LogP contribution in [-0.4, -0.2) is 49.2 Å². The standard InChI is InChI=1S/C24H33ClF2N3O7PSi/c1-23(2,3)39(4,5)37-20-18(35-21(24(20,26)27)30-11-9-19(28)29-22(30)31)14-34-38(32)33-12-10-17(36-38)15-7-6-8-16(25)13-15/h6-9,11,13,17-18,20-21H,10,12,14H2,1-5H3,(H2,28,29,31)/t17-,18?,20-,21-,38+/m1/s1. The summed E-state index contributed by atoms with van der Waals surface area (Å²) in [7, 11) is -6.96. The molecule has 2 aliphatic heterocycles. The van der Waals surface area contributed by atoms with Crippen molar-refractivity contribution in [3.05, 3.63) is 57.6 Å². The summed E-state index contributed by atoms with van der Waals surface area (Å²) >= 11 is 6.07. The first-order valence-corrected chi connectivity index (χ1v) is 17.2. The van der Waals surface area contributed by atoms with E-state index in [9.17, 15) is 9.36 Å². The van der Waals surface area contributed by atoms with Crippen LogP contribution in [-0.2, 0) is 27.3 Å². The van der Waals surface area contributed by atoms with Crippen LogP contribution in [0.5, 0.6) is 0 Å². The van der Waals surface area contributed by atoms with Crippen LogP contribution >= 0.6 is 19.4 Å². The Morgan fingerprint density at radius 1 is 1.31 bits per heavy atom. The number of nitrogens with two attached hydrogens (primary N) is 1. The Kier molecular flexibility index (Phi) is 8.49. The first-order valence-electron chi connectivity index (χ1n) is 12.4. The molecule has 1 aromatic heterocycles. The fourth-order valence-corrected chi connectivity index (χ4v) is 6.91. The van der Waals surface area contributed by atoms with Crippen LogP contribution in [0, 0.1) is 0 Å². The Balaban J connectivity index is 1.59. The maximum absolute atomic E-state index is 15.9. The Labute approximate surface area is 231 Å². The van der Waals surface area contributed by atoms with Crippen molar-refractivity contribution in [2.75, 3.05) is 18.9 Å². The molecule has 15 heteroatoms. The second-order valence-electron chi connectivity index (χ2n) is 11.1. The quantitative estimate of drug-likeness (QED) is 0.311. The Morgan fingerprint density at radius 2 is 2.03 bits per heavy atom. The van der Waals surface area contributed by atoms with Crippen LogP contribution in [0.1, 0.15) is 45.1 Å². The number of hydrogen-bond donors (Lipinski definition) is 1. The molecule has 3 heterocycles. The number of rotatable bonds is 7. The topological polar surface area (TPSA) is 124 Å². The first kappa shape index (κ1) is 30.3. The van der Waals surface area contributed by atoms with Gasteiger partial charge >= 0.3 is 19.4 Å². The minimum Gasteiger partial charge on any atom is -0.405 e. The molecule has 2 aromatic rings. The molecule has 0 saturated carbocycles. The zero-order chi connectivity index (χ0) is 28.8. The Morgan fingerprint density at radius 3 is 2.67 bits per heavy atom. The lowest BCUT2D eigenvalue weighted by Gasteiger charge is -2.40. The number of aromatic nitrogens is 2. The predicted octanol–water partition coefficient (Wildman–Crippen LogP) is 5.70. The van der Waals surface area contributed by atoms with Crippen LogP contribution in [0.25, 0.3) is 0 Å². The average molecular weight is 608 g/mol. The number of nitrogens with zero attached hydrogens (tertiary/aromatic N) is 2. The number of phosphoric acid groups is 1. The minimum absolute atomic E-state index is 0.0508. The molecule has 2 saturated heterocycles. The van der Waals surface area contributed by atoms with Crippen molar-refractivity contribution in [2.45, 2.75) is 75.8 Å². The van der Waals surface area contributed by atoms with Crippen molar-refractivity contribution in [1.82, 2.24) is 9.55 Å². The van der Waals surface area contributed by atoms with E-state index in [0.717, 1.165) is 6.20 Å². The van der Waals surface area contributed by atoms with Crippen molar-refractivity contribution in [2.24, 2.45) is 0 Å². The number of nitrogen functional groups attached to an aromatic ring is 1. The van der Waals surface area contributed by atoms with Crippen LogP contribution in [0.3, 0.4) is 0 Å². The lowest BCUT2D eigenvalue weighted by atomic mass is 10.1. The molecule has 2 N–H and O–H groups in total. The van der Waals surface area contributed by atoms with E-state index < -0.39 is 63.9 Å². The van der Waals surface area contributed by atoms with Crippen LogP contribution in [0.4, 0.5) is 14.6 Å². The second-order valence-corrected chi connectivity index (χ2v) is 17.9. The summed E-state index contributed by atoms with van der Waals surface area (Å²) in [6, 6.07) is 8.08. The molecule has 5 atom stereocenters. The van der Waals surface area contributed by atoms with Crippen molar-refractivity contribution >= 4 is 33.6 Å². The molecule has 216 valence electrons. The van der Waals surface area contributed by atoms with Gasteiger partial charge < -0.3 is 14.9 Å². The minimum atomic E-state index is -4.17. The van der Waals surface area contributed by atoms with Gasteiger partial charge in [0.2, 0.25) is 6.23 Å². The molecule has 10 nitrogen and oxygen atoms in total. The number of hydrogen-bond acceptors (Lipinski definition) is 9. The van der Waals surface area contributed by atoms with Crippen LogP contribution in [0.15, 0.2) is 41.3 Å². The van der Waals surface area contributed by atoms with E-state index in [0.29, 0.717) is 21.6 Å². The van der Waals surface area contributed by atoms with E-state index in [1.165, 1.54) is 6.07 Å². The van der Waals surface area contributed by atoms with Gasteiger partial charge in [0.15, 0.2) is 8.32 Å². The third kappa shape index (κ3) is 6.46. The van der Waals surface area contributed by atoms with Gasteiger partial charge in [0.1, 0.15) is 18.0 Å². The highest BCUT2D eigenvalue weighted by molar-refractivity contribution is 7.48. The van der Waals surface area contributed by atoms with Crippen molar-refractivity contribution < 1.29 is 36.1 Å². The molecular weight excluding hydrogens is 575 g/mol. The molecule has 0 amide bonds. The number of alkyl halides is 2. The lowest BCUT2D eigenvalue weighted by molar-refractivity contribution is -0.138. The molecule has 1 aromatic carbocycles. The molecule has 1 unspecified atom stereocenters. The molecule has 0 aliphatic carbocycles. The van der Waals surface area contributed by atoms with E-state index in [2.05, 4.69) is 4.98 Å². The van der Waals surface area contributed by atoms with Crippen molar-refractivity contribution in [3.63, 3.8) is 0 Å². The molecule has 4 rings (SSSR count). The summed E-state index contributed by atoms with van der Waals surface area (Å²) in [5.41, 5.74) is 5.19. The maximum Gasteiger partial charge on any atom is 0.475 e. The molecule has 0 spiro atoms. The summed E-state index contributed by atoms with van der Waals surface area (Å²) in [6.07, 6.45) is -4.48. The third-order valence-electron chi connectivity index (χ3n) is 7.19. The number of halogens is 3. The van der Waals surface area contributed by atoms with Gasteiger partial charge in [-0.15, -0.1) is 0 Å². The highest BCUT2D eigenvalue weighted by Gasteiger charge is 2.63. The highest BCUT2D eigenvalue weighted by atomic mass is 35.5. The average Bonchev–Trinajstić information content (AvgIpc) is 3.06. The van der Waals surface area contributed by atoms with E-state index >= 15 is 8.78 Å². The van der Waals surface area contributed by atoms with Gasteiger partial charge in [-0.05, 0) is 41.9 Å². The molecular formula is C24H33ClF2N3O7PSi. The third-order valence-corrected chi connectivity index (χ3v) is 13.4. The molecule has 39 heavy (non-hydrogen) atoms. The maximum atomic E-state index is 15.9. The number of ether oxygens (including phenoxy) is 1. The second kappa shape index (κ2) is 10.9. The van der Waals surface area contributed by atoms with E-state index in [1.807, 2.05) is 33.9 Å². The van der Waals surface area contributed by atoms with Gasteiger partial charge in [0.25, 0.3) is 0 Å². The van der Waals surface area contributed by atoms with Gasteiger partial charge in [-0.25, -0.2) is 9.36 Å². The first-order chi connectivity index (χ1) is 18.0. The fraction of sp³-hybridized carbons (Fsp3) is 0.583.